The molecule has 1 N–H and O–H groups in total. The number of ether oxygens (including phenoxy) is 1. The van der Waals surface area contributed by atoms with Crippen molar-refractivity contribution < 1.29 is 14.6 Å². The monoisotopic (exact) mass is 329 g/mol. The molecule has 0 fully saturated rings. The van der Waals surface area contributed by atoms with Crippen LogP contribution in [0.1, 0.15) is 12.8 Å². The van der Waals surface area contributed by atoms with E-state index in [1.54, 1.807) is 18.2 Å². The van der Waals surface area contributed by atoms with Crippen molar-refractivity contribution in [2.45, 2.75) is 12.8 Å². The second-order valence-electron chi connectivity index (χ2n) is 4.40. The summed E-state index contributed by atoms with van der Waals surface area (Å²) in [5.41, 5.74) is 0. The normalized spacial score (nSPS) is 10.4. The Labute approximate surface area is 134 Å². The molecule has 0 saturated heterocycles. The zero-order valence-electron chi connectivity index (χ0n) is 11.5. The molecule has 0 aliphatic rings. The molecule has 0 spiro atoms. The summed E-state index contributed by atoms with van der Waals surface area (Å²) < 4.78 is 5.56. The van der Waals surface area contributed by atoms with E-state index in [2.05, 4.69) is 5.92 Å². The predicted octanol–water partition coefficient (Wildman–Crippen LogP) is 3.17. The topological polar surface area (TPSA) is 49.8 Å². The number of rotatable bonds is 9. The highest BCUT2D eigenvalue weighted by atomic mass is 35.5. The first-order valence-corrected chi connectivity index (χ1v) is 7.24. The standard InChI is InChI=1S/C15H17Cl2NO3/c1-2-7-18(9-6-15(19)20)8-3-10-21-14-5-4-12(16)11-13(14)17/h1,4-5,11H,3,6-10H2,(H,19,20). The summed E-state index contributed by atoms with van der Waals surface area (Å²) in [6.07, 6.45) is 6.06. The lowest BCUT2D eigenvalue weighted by molar-refractivity contribution is -0.137. The van der Waals surface area contributed by atoms with Crippen LogP contribution in [0, 0.1) is 12.3 Å². The first kappa shape index (κ1) is 17.6. The number of halogens is 2. The van der Waals surface area contributed by atoms with Crippen molar-refractivity contribution in [3.63, 3.8) is 0 Å². The number of carbonyl (C=O) groups is 1. The van der Waals surface area contributed by atoms with Gasteiger partial charge in [0.05, 0.1) is 24.6 Å². The molecule has 1 aromatic carbocycles. The van der Waals surface area contributed by atoms with Crippen LogP contribution in [0.15, 0.2) is 18.2 Å². The van der Waals surface area contributed by atoms with Crippen molar-refractivity contribution in [3.05, 3.63) is 28.2 Å². The van der Waals surface area contributed by atoms with Gasteiger partial charge in [0.1, 0.15) is 5.75 Å². The van der Waals surface area contributed by atoms with Crippen LogP contribution in [0.25, 0.3) is 0 Å². The summed E-state index contributed by atoms with van der Waals surface area (Å²) in [7, 11) is 0. The third-order valence-corrected chi connectivity index (χ3v) is 3.26. The molecule has 0 saturated carbocycles. The maximum absolute atomic E-state index is 10.6. The summed E-state index contributed by atoms with van der Waals surface area (Å²) in [6, 6.07) is 5.05. The van der Waals surface area contributed by atoms with E-state index in [1.807, 2.05) is 4.90 Å². The lowest BCUT2D eigenvalue weighted by atomic mass is 10.3. The molecule has 4 nitrogen and oxygen atoms in total. The molecule has 0 radical (unpaired) electrons. The minimum atomic E-state index is -0.832. The molecular formula is C15H17Cl2NO3. The van der Waals surface area contributed by atoms with E-state index in [-0.39, 0.29) is 6.42 Å². The van der Waals surface area contributed by atoms with Crippen LogP contribution < -0.4 is 4.74 Å². The third kappa shape index (κ3) is 7.24. The number of hydrogen-bond donors (Lipinski definition) is 1. The summed E-state index contributed by atoms with van der Waals surface area (Å²) >= 11 is 11.8. The van der Waals surface area contributed by atoms with Gasteiger partial charge in [-0.3, -0.25) is 9.69 Å². The van der Waals surface area contributed by atoms with Gasteiger partial charge in [0.2, 0.25) is 0 Å². The fourth-order valence-corrected chi connectivity index (χ4v) is 2.18. The molecular weight excluding hydrogens is 313 g/mol. The summed E-state index contributed by atoms with van der Waals surface area (Å²) in [4.78, 5) is 12.5. The second-order valence-corrected chi connectivity index (χ2v) is 5.24. The van der Waals surface area contributed by atoms with Crippen molar-refractivity contribution in [2.24, 2.45) is 0 Å². The molecule has 1 rings (SSSR count). The molecule has 0 aliphatic heterocycles. The van der Waals surface area contributed by atoms with Crippen LogP contribution in [0.3, 0.4) is 0 Å². The van der Waals surface area contributed by atoms with Gasteiger partial charge < -0.3 is 9.84 Å². The maximum atomic E-state index is 10.6. The number of carboxylic acids is 1. The molecule has 0 atom stereocenters. The van der Waals surface area contributed by atoms with E-state index >= 15 is 0 Å². The number of hydrogen-bond acceptors (Lipinski definition) is 3. The van der Waals surface area contributed by atoms with Gasteiger partial charge in [-0.2, -0.15) is 0 Å². The molecule has 1 aromatic rings. The minimum Gasteiger partial charge on any atom is -0.492 e. The predicted molar refractivity (Wildman–Crippen MR) is 84.1 cm³/mol. The van der Waals surface area contributed by atoms with Gasteiger partial charge in [0.15, 0.2) is 0 Å². The van der Waals surface area contributed by atoms with Gasteiger partial charge >= 0.3 is 5.97 Å². The van der Waals surface area contributed by atoms with E-state index in [4.69, 9.17) is 39.5 Å². The van der Waals surface area contributed by atoms with Crippen molar-refractivity contribution in [2.75, 3.05) is 26.2 Å². The number of terminal acetylenes is 1. The Morgan fingerprint density at radius 2 is 2.14 bits per heavy atom. The van der Waals surface area contributed by atoms with Crippen LogP contribution in [0.5, 0.6) is 5.75 Å². The maximum Gasteiger partial charge on any atom is 0.304 e. The van der Waals surface area contributed by atoms with E-state index in [0.29, 0.717) is 42.0 Å². The van der Waals surface area contributed by atoms with E-state index in [1.165, 1.54) is 0 Å². The highest BCUT2D eigenvalue weighted by Crippen LogP contribution is 2.27. The van der Waals surface area contributed by atoms with E-state index in [9.17, 15) is 4.79 Å². The molecule has 0 unspecified atom stereocenters. The van der Waals surface area contributed by atoms with Crippen molar-refractivity contribution in [3.8, 4) is 18.1 Å². The average Bonchev–Trinajstić information content (AvgIpc) is 2.42. The SMILES string of the molecule is C#CCN(CCCOc1ccc(Cl)cc1Cl)CCC(=O)O. The first-order chi connectivity index (χ1) is 10.0. The smallest absolute Gasteiger partial charge is 0.304 e. The average molecular weight is 330 g/mol. The minimum absolute atomic E-state index is 0.0750. The molecule has 0 amide bonds. The van der Waals surface area contributed by atoms with Crippen LogP contribution in [-0.4, -0.2) is 42.2 Å². The quantitative estimate of drug-likeness (QED) is 0.558. The first-order valence-electron chi connectivity index (χ1n) is 6.48. The summed E-state index contributed by atoms with van der Waals surface area (Å²) in [6.45, 7) is 1.99. The zero-order chi connectivity index (χ0) is 15.7. The Hall–Kier alpha value is -1.41. The highest BCUT2D eigenvalue weighted by Gasteiger charge is 2.07. The highest BCUT2D eigenvalue weighted by molar-refractivity contribution is 6.35. The Kier molecular flexibility index (Phi) is 7.99. The van der Waals surface area contributed by atoms with Gasteiger partial charge in [-0.05, 0) is 24.6 Å². The Morgan fingerprint density at radius 3 is 2.76 bits per heavy atom. The van der Waals surface area contributed by atoms with Crippen LogP contribution in [0.4, 0.5) is 0 Å². The Morgan fingerprint density at radius 1 is 1.38 bits per heavy atom. The van der Waals surface area contributed by atoms with Crippen LogP contribution in [0.2, 0.25) is 10.0 Å². The fraction of sp³-hybridized carbons (Fsp3) is 0.400. The van der Waals surface area contributed by atoms with Crippen molar-refractivity contribution >= 4 is 29.2 Å². The van der Waals surface area contributed by atoms with Crippen LogP contribution >= 0.6 is 23.2 Å². The van der Waals surface area contributed by atoms with Gasteiger partial charge in [-0.25, -0.2) is 0 Å². The number of benzene rings is 1. The number of aliphatic carboxylic acids is 1. The fourth-order valence-electron chi connectivity index (χ4n) is 1.72. The van der Waals surface area contributed by atoms with Crippen molar-refractivity contribution in [1.82, 2.24) is 4.90 Å². The van der Waals surface area contributed by atoms with Gasteiger partial charge in [0.25, 0.3) is 0 Å². The van der Waals surface area contributed by atoms with Crippen molar-refractivity contribution in [1.29, 1.82) is 0 Å². The third-order valence-electron chi connectivity index (χ3n) is 2.73. The number of carboxylic acid groups (broad SMARTS) is 1. The molecule has 6 heteroatoms. The summed E-state index contributed by atoms with van der Waals surface area (Å²) in [5.74, 6) is 2.27. The Bertz CT molecular complexity index is 514. The molecule has 21 heavy (non-hydrogen) atoms. The Balaban J connectivity index is 2.33. The zero-order valence-corrected chi connectivity index (χ0v) is 13.0. The van der Waals surface area contributed by atoms with Crippen LogP contribution in [-0.2, 0) is 4.79 Å². The molecule has 0 heterocycles. The second kappa shape index (κ2) is 9.51. The van der Waals surface area contributed by atoms with E-state index in [0.717, 1.165) is 6.42 Å². The molecule has 0 aliphatic carbocycles. The summed E-state index contributed by atoms with van der Waals surface area (Å²) in [5, 5.41) is 9.70. The van der Waals surface area contributed by atoms with Gasteiger partial charge in [0, 0.05) is 18.1 Å². The lowest BCUT2D eigenvalue weighted by Gasteiger charge is -2.18. The molecule has 114 valence electrons. The molecule has 0 bridgehead atoms. The number of nitrogens with zero attached hydrogens (tertiary/aromatic N) is 1. The molecule has 0 aromatic heterocycles. The lowest BCUT2D eigenvalue weighted by Crippen LogP contribution is -2.28. The van der Waals surface area contributed by atoms with Gasteiger partial charge in [-0.15, -0.1) is 6.42 Å². The largest absolute Gasteiger partial charge is 0.492 e. The van der Waals surface area contributed by atoms with Gasteiger partial charge in [-0.1, -0.05) is 29.1 Å². The van der Waals surface area contributed by atoms with E-state index < -0.39 is 5.97 Å².